The maximum absolute atomic E-state index is 12.2. The van der Waals surface area contributed by atoms with E-state index in [1.54, 1.807) is 0 Å². The highest BCUT2D eigenvalue weighted by molar-refractivity contribution is 5.81. The molecule has 2 unspecified atom stereocenters. The Hall–Kier alpha value is -0.610. The van der Waals surface area contributed by atoms with E-state index in [1.165, 1.54) is 12.8 Å². The molecule has 0 aromatic heterocycles. The molecular weight excluding hydrogens is 204 g/mol. The minimum Gasteiger partial charge on any atom is -0.364 e. The van der Waals surface area contributed by atoms with Gasteiger partial charge < -0.3 is 15.4 Å². The number of hydrogen-bond acceptors (Lipinski definition) is 3. The maximum Gasteiger partial charge on any atom is 0.251 e. The minimum atomic E-state index is -0.229. The monoisotopic (exact) mass is 226 g/mol. The molecule has 0 aromatic rings. The van der Waals surface area contributed by atoms with Crippen molar-refractivity contribution in [3.8, 4) is 0 Å². The number of hydrogen-bond donors (Lipinski definition) is 1. The van der Waals surface area contributed by atoms with Crippen molar-refractivity contribution in [2.45, 2.75) is 44.8 Å². The van der Waals surface area contributed by atoms with Crippen LogP contribution in [0.4, 0.5) is 0 Å². The standard InChI is InChI=1S/C12H22N2O2/c1-2-14(8-9-3-4-9)12(15)11-6-5-10(7-13)16-11/h9-11H,2-8,13H2,1H3. The molecule has 0 radical (unpaired) electrons. The average Bonchev–Trinajstić information content (AvgIpc) is 2.99. The van der Waals surface area contributed by atoms with Crippen molar-refractivity contribution in [2.75, 3.05) is 19.6 Å². The summed E-state index contributed by atoms with van der Waals surface area (Å²) in [5, 5.41) is 0. The first-order valence-electron chi connectivity index (χ1n) is 6.39. The van der Waals surface area contributed by atoms with Gasteiger partial charge in [-0.25, -0.2) is 0 Å². The first-order chi connectivity index (χ1) is 7.74. The third-order valence-corrected chi connectivity index (χ3v) is 3.51. The lowest BCUT2D eigenvalue weighted by Crippen LogP contribution is -2.40. The normalized spacial score (nSPS) is 29.4. The second-order valence-electron chi connectivity index (χ2n) is 4.88. The van der Waals surface area contributed by atoms with E-state index in [0.717, 1.165) is 31.8 Å². The van der Waals surface area contributed by atoms with Crippen LogP contribution in [0.15, 0.2) is 0 Å². The fourth-order valence-electron chi connectivity index (χ4n) is 2.25. The number of rotatable bonds is 5. The molecule has 0 spiro atoms. The Morgan fingerprint density at radius 2 is 2.12 bits per heavy atom. The van der Waals surface area contributed by atoms with E-state index in [-0.39, 0.29) is 18.1 Å². The molecule has 1 amide bonds. The van der Waals surface area contributed by atoms with Crippen LogP contribution in [0.1, 0.15) is 32.6 Å². The van der Waals surface area contributed by atoms with Crippen LogP contribution in [-0.2, 0) is 9.53 Å². The maximum atomic E-state index is 12.2. The van der Waals surface area contributed by atoms with Crippen molar-refractivity contribution in [1.82, 2.24) is 4.90 Å². The highest BCUT2D eigenvalue weighted by atomic mass is 16.5. The molecule has 2 aliphatic rings. The van der Waals surface area contributed by atoms with Gasteiger partial charge in [0, 0.05) is 19.6 Å². The van der Waals surface area contributed by atoms with Gasteiger partial charge >= 0.3 is 0 Å². The summed E-state index contributed by atoms with van der Waals surface area (Å²) < 4.78 is 5.64. The summed E-state index contributed by atoms with van der Waals surface area (Å²) in [6.45, 7) is 4.28. The third-order valence-electron chi connectivity index (χ3n) is 3.51. The number of nitrogens with zero attached hydrogens (tertiary/aromatic N) is 1. The number of nitrogens with two attached hydrogens (primary N) is 1. The molecule has 1 heterocycles. The summed E-state index contributed by atoms with van der Waals surface area (Å²) in [5.41, 5.74) is 5.55. The van der Waals surface area contributed by atoms with Crippen molar-refractivity contribution >= 4 is 5.91 Å². The molecular formula is C12H22N2O2. The lowest BCUT2D eigenvalue weighted by molar-refractivity contribution is -0.142. The summed E-state index contributed by atoms with van der Waals surface area (Å²) in [7, 11) is 0. The highest BCUT2D eigenvalue weighted by Gasteiger charge is 2.34. The second-order valence-corrected chi connectivity index (χ2v) is 4.88. The molecule has 2 N–H and O–H groups in total. The molecule has 2 atom stereocenters. The van der Waals surface area contributed by atoms with Crippen LogP contribution < -0.4 is 5.73 Å². The number of carbonyl (C=O) groups is 1. The van der Waals surface area contributed by atoms with Crippen molar-refractivity contribution in [2.24, 2.45) is 11.7 Å². The summed E-state index contributed by atoms with van der Waals surface area (Å²) >= 11 is 0. The zero-order chi connectivity index (χ0) is 11.5. The predicted molar refractivity (Wildman–Crippen MR) is 61.9 cm³/mol. The summed E-state index contributed by atoms with van der Waals surface area (Å²) in [4.78, 5) is 14.1. The van der Waals surface area contributed by atoms with Crippen molar-refractivity contribution in [3.63, 3.8) is 0 Å². The molecule has 4 nitrogen and oxygen atoms in total. The van der Waals surface area contributed by atoms with Gasteiger partial charge in [0.15, 0.2) is 0 Å². The van der Waals surface area contributed by atoms with Gasteiger partial charge in [-0.05, 0) is 38.5 Å². The van der Waals surface area contributed by atoms with Gasteiger partial charge in [0.25, 0.3) is 5.91 Å². The van der Waals surface area contributed by atoms with E-state index in [4.69, 9.17) is 10.5 Å². The molecule has 1 aliphatic heterocycles. The summed E-state index contributed by atoms with van der Waals surface area (Å²) in [6, 6.07) is 0. The average molecular weight is 226 g/mol. The van der Waals surface area contributed by atoms with Gasteiger partial charge in [-0.1, -0.05) is 0 Å². The van der Waals surface area contributed by atoms with Gasteiger partial charge in [0.05, 0.1) is 6.10 Å². The lowest BCUT2D eigenvalue weighted by Gasteiger charge is -2.24. The molecule has 16 heavy (non-hydrogen) atoms. The van der Waals surface area contributed by atoms with Crippen LogP contribution in [0.25, 0.3) is 0 Å². The van der Waals surface area contributed by atoms with Crippen molar-refractivity contribution in [3.05, 3.63) is 0 Å². The van der Waals surface area contributed by atoms with Gasteiger partial charge in [0.1, 0.15) is 6.10 Å². The van der Waals surface area contributed by atoms with E-state index in [0.29, 0.717) is 6.54 Å². The number of carbonyl (C=O) groups excluding carboxylic acids is 1. The molecule has 4 heteroatoms. The first kappa shape index (κ1) is 11.9. The van der Waals surface area contributed by atoms with Gasteiger partial charge in [-0.2, -0.15) is 0 Å². The Labute approximate surface area is 97.1 Å². The van der Waals surface area contributed by atoms with Crippen LogP contribution in [0.2, 0.25) is 0 Å². The van der Waals surface area contributed by atoms with Crippen molar-refractivity contribution < 1.29 is 9.53 Å². The van der Waals surface area contributed by atoms with E-state index >= 15 is 0 Å². The van der Waals surface area contributed by atoms with E-state index in [9.17, 15) is 4.79 Å². The third kappa shape index (κ3) is 2.74. The first-order valence-corrected chi connectivity index (χ1v) is 6.39. The number of amides is 1. The molecule has 1 aliphatic carbocycles. The van der Waals surface area contributed by atoms with Crippen LogP contribution in [-0.4, -0.2) is 42.6 Å². The van der Waals surface area contributed by atoms with Crippen molar-refractivity contribution in [1.29, 1.82) is 0 Å². The zero-order valence-corrected chi connectivity index (χ0v) is 10.0. The number of ether oxygens (including phenoxy) is 1. The minimum absolute atomic E-state index is 0.0913. The Morgan fingerprint density at radius 3 is 2.62 bits per heavy atom. The van der Waals surface area contributed by atoms with E-state index in [1.807, 2.05) is 11.8 Å². The van der Waals surface area contributed by atoms with Crippen LogP contribution >= 0.6 is 0 Å². The lowest BCUT2D eigenvalue weighted by atomic mass is 10.1. The Kier molecular flexibility index (Phi) is 3.82. The molecule has 1 saturated carbocycles. The molecule has 0 aromatic carbocycles. The molecule has 92 valence electrons. The SMILES string of the molecule is CCN(CC1CC1)C(=O)C1CCC(CN)O1. The highest BCUT2D eigenvalue weighted by Crippen LogP contribution is 2.30. The van der Waals surface area contributed by atoms with Gasteiger partial charge in [-0.15, -0.1) is 0 Å². The quantitative estimate of drug-likeness (QED) is 0.752. The fraction of sp³-hybridized carbons (Fsp3) is 0.917. The molecule has 2 fully saturated rings. The van der Waals surface area contributed by atoms with Crippen LogP contribution in [0.5, 0.6) is 0 Å². The smallest absolute Gasteiger partial charge is 0.251 e. The Morgan fingerprint density at radius 1 is 1.38 bits per heavy atom. The predicted octanol–water partition coefficient (Wildman–Crippen LogP) is 0.751. The second kappa shape index (κ2) is 5.15. The number of likely N-dealkylation sites (N-methyl/N-ethyl adjacent to an activating group) is 1. The fourth-order valence-corrected chi connectivity index (χ4v) is 2.25. The molecule has 0 bridgehead atoms. The Balaban J connectivity index is 1.84. The molecule has 2 rings (SSSR count). The largest absolute Gasteiger partial charge is 0.364 e. The van der Waals surface area contributed by atoms with Crippen LogP contribution in [0, 0.1) is 5.92 Å². The van der Waals surface area contributed by atoms with Gasteiger partial charge in [-0.3, -0.25) is 4.79 Å². The van der Waals surface area contributed by atoms with E-state index < -0.39 is 0 Å². The van der Waals surface area contributed by atoms with Crippen LogP contribution in [0.3, 0.4) is 0 Å². The van der Waals surface area contributed by atoms with Gasteiger partial charge in [0.2, 0.25) is 0 Å². The molecule has 1 saturated heterocycles. The summed E-state index contributed by atoms with van der Waals surface area (Å²) in [6.07, 6.45) is 4.18. The zero-order valence-electron chi connectivity index (χ0n) is 10.0. The Bertz CT molecular complexity index is 253. The van der Waals surface area contributed by atoms with E-state index in [2.05, 4.69) is 0 Å². The summed E-state index contributed by atoms with van der Waals surface area (Å²) in [5.74, 6) is 0.918. The topological polar surface area (TPSA) is 55.6 Å².